The molecule has 0 radical (unpaired) electrons. The average Bonchev–Trinajstić information content (AvgIpc) is 1.99. The molecular formula is C12H28N2Si. The smallest absolute Gasteiger partial charge is 0.0447 e. The predicted octanol–water partition coefficient (Wildman–Crippen LogP) is 1.60. The van der Waals surface area contributed by atoms with E-state index >= 15 is 0 Å². The number of hydrogen-bond donors (Lipinski definition) is 2. The van der Waals surface area contributed by atoms with Gasteiger partial charge in [0.15, 0.2) is 0 Å². The molecule has 0 unspecified atom stereocenters. The Morgan fingerprint density at radius 3 is 2.33 bits per heavy atom. The van der Waals surface area contributed by atoms with Gasteiger partial charge in [0.05, 0.1) is 0 Å². The van der Waals surface area contributed by atoms with Gasteiger partial charge in [0.1, 0.15) is 0 Å². The molecule has 0 aromatic rings. The van der Waals surface area contributed by atoms with Crippen molar-refractivity contribution < 1.29 is 0 Å². The highest BCUT2D eigenvalue weighted by molar-refractivity contribution is 6.41. The van der Waals surface area contributed by atoms with E-state index in [2.05, 4.69) is 51.7 Å². The summed E-state index contributed by atoms with van der Waals surface area (Å²) in [5.41, 5.74) is 8.42. The van der Waals surface area contributed by atoms with E-state index < -0.39 is 0 Å². The number of nitrogens with two attached hydrogens (primary N) is 1. The highest BCUT2D eigenvalue weighted by atomic mass is 28.2. The minimum absolute atomic E-state index is 0.0787. The van der Waals surface area contributed by atoms with E-state index in [-0.39, 0.29) is 20.6 Å². The second-order valence-corrected chi connectivity index (χ2v) is 7.74. The van der Waals surface area contributed by atoms with Crippen LogP contribution in [-0.2, 0) is 0 Å². The molecule has 0 amide bonds. The molecule has 3 N–H and O–H groups in total. The van der Waals surface area contributed by atoms with Crippen molar-refractivity contribution in [1.82, 2.24) is 5.32 Å². The summed E-state index contributed by atoms with van der Waals surface area (Å²) in [6.07, 6.45) is 3.25. The lowest BCUT2D eigenvalue weighted by molar-refractivity contribution is 0.299. The second-order valence-electron chi connectivity index (χ2n) is 5.69. The molecule has 0 aromatic heterocycles. The zero-order chi connectivity index (χ0) is 11.9. The van der Waals surface area contributed by atoms with Gasteiger partial charge in [0.2, 0.25) is 0 Å². The zero-order valence-electron chi connectivity index (χ0n) is 11.1. The Morgan fingerprint density at radius 1 is 1.27 bits per heavy atom. The standard InChI is InChI=1S/C12H28N2Si/c1-6-15-9-7-8-14-12(4,5)10-11(2,3)13/h7,9,14H,6,8,10,13,15H2,1-5H3. The summed E-state index contributed by atoms with van der Waals surface area (Å²) in [7, 11) is 0.0787. The van der Waals surface area contributed by atoms with Crippen LogP contribution in [0.25, 0.3) is 0 Å². The van der Waals surface area contributed by atoms with Crippen molar-refractivity contribution >= 4 is 9.52 Å². The van der Waals surface area contributed by atoms with Crippen molar-refractivity contribution in [2.45, 2.75) is 58.2 Å². The molecule has 0 atom stereocenters. The quantitative estimate of drug-likeness (QED) is 0.650. The van der Waals surface area contributed by atoms with Crippen LogP contribution in [-0.4, -0.2) is 27.1 Å². The van der Waals surface area contributed by atoms with Gasteiger partial charge in [-0.1, -0.05) is 19.0 Å². The maximum absolute atomic E-state index is 6.02. The lowest BCUT2D eigenvalue weighted by Crippen LogP contribution is -2.48. The van der Waals surface area contributed by atoms with Gasteiger partial charge in [-0.2, -0.15) is 0 Å². The summed E-state index contributed by atoms with van der Waals surface area (Å²) in [6.45, 7) is 11.8. The minimum atomic E-state index is -0.0988. The molecule has 15 heavy (non-hydrogen) atoms. The van der Waals surface area contributed by atoms with Crippen LogP contribution in [0, 0.1) is 0 Å². The monoisotopic (exact) mass is 228 g/mol. The molecule has 0 aliphatic carbocycles. The fourth-order valence-corrected chi connectivity index (χ4v) is 2.64. The first-order chi connectivity index (χ1) is 6.77. The molecule has 90 valence electrons. The first kappa shape index (κ1) is 14.9. The van der Waals surface area contributed by atoms with Crippen molar-refractivity contribution in [2.24, 2.45) is 5.73 Å². The molecule has 0 fully saturated rings. The highest BCUT2D eigenvalue weighted by Crippen LogP contribution is 2.16. The van der Waals surface area contributed by atoms with E-state index in [1.54, 1.807) is 0 Å². The SMILES string of the molecule is CC[SiH2]C=CCNC(C)(C)CC(C)(C)N. The Labute approximate surface area is 97.5 Å². The molecule has 0 saturated carbocycles. The molecule has 3 heteroatoms. The van der Waals surface area contributed by atoms with Gasteiger partial charge >= 0.3 is 0 Å². The van der Waals surface area contributed by atoms with Crippen molar-refractivity contribution in [3.05, 3.63) is 11.8 Å². The van der Waals surface area contributed by atoms with Crippen LogP contribution in [0.2, 0.25) is 6.04 Å². The van der Waals surface area contributed by atoms with E-state index in [0.29, 0.717) is 0 Å². The fraction of sp³-hybridized carbons (Fsp3) is 0.833. The summed E-state index contributed by atoms with van der Waals surface area (Å²) in [6, 6.07) is 1.36. The van der Waals surface area contributed by atoms with Crippen molar-refractivity contribution in [3.63, 3.8) is 0 Å². The van der Waals surface area contributed by atoms with Crippen LogP contribution in [0.4, 0.5) is 0 Å². The molecule has 0 spiro atoms. The second kappa shape index (κ2) is 6.46. The third-order valence-corrected chi connectivity index (χ3v) is 3.46. The van der Waals surface area contributed by atoms with Gasteiger partial charge in [-0.25, -0.2) is 0 Å². The summed E-state index contributed by atoms with van der Waals surface area (Å²) < 4.78 is 0. The van der Waals surface area contributed by atoms with E-state index in [9.17, 15) is 0 Å². The lowest BCUT2D eigenvalue weighted by atomic mass is 9.88. The molecule has 0 heterocycles. The first-order valence-electron chi connectivity index (χ1n) is 5.96. The van der Waals surface area contributed by atoms with Gasteiger partial charge in [-0.3, -0.25) is 0 Å². The maximum atomic E-state index is 6.02. The highest BCUT2D eigenvalue weighted by Gasteiger charge is 2.24. The Balaban J connectivity index is 3.84. The Morgan fingerprint density at radius 2 is 1.87 bits per heavy atom. The van der Waals surface area contributed by atoms with Crippen LogP contribution in [0.1, 0.15) is 41.0 Å². The number of rotatable bonds is 7. The summed E-state index contributed by atoms with van der Waals surface area (Å²) in [4.78, 5) is 0. The summed E-state index contributed by atoms with van der Waals surface area (Å²) in [5, 5.41) is 3.53. The Bertz CT molecular complexity index is 192. The van der Waals surface area contributed by atoms with E-state index in [1.807, 2.05) is 0 Å². The van der Waals surface area contributed by atoms with Gasteiger partial charge in [0.25, 0.3) is 0 Å². The number of hydrogen-bond acceptors (Lipinski definition) is 2. The van der Waals surface area contributed by atoms with Crippen LogP contribution in [0.5, 0.6) is 0 Å². The molecular weight excluding hydrogens is 200 g/mol. The third kappa shape index (κ3) is 10.2. The summed E-state index contributed by atoms with van der Waals surface area (Å²) >= 11 is 0. The van der Waals surface area contributed by atoms with E-state index in [0.717, 1.165) is 13.0 Å². The first-order valence-corrected chi connectivity index (χ1v) is 7.77. The predicted molar refractivity (Wildman–Crippen MR) is 73.1 cm³/mol. The lowest BCUT2D eigenvalue weighted by Gasteiger charge is -2.33. The van der Waals surface area contributed by atoms with Crippen LogP contribution >= 0.6 is 0 Å². The molecule has 0 bridgehead atoms. The molecule has 0 rings (SSSR count). The zero-order valence-corrected chi connectivity index (χ0v) is 12.5. The molecule has 0 saturated heterocycles. The normalized spacial score (nSPS) is 14.5. The van der Waals surface area contributed by atoms with Crippen LogP contribution < -0.4 is 11.1 Å². The number of nitrogens with one attached hydrogen (secondary N) is 1. The molecule has 0 aliphatic rings. The average molecular weight is 228 g/mol. The Hall–Kier alpha value is -0.123. The summed E-state index contributed by atoms with van der Waals surface area (Å²) in [5.74, 6) is 0. The largest absolute Gasteiger partial charge is 0.325 e. The van der Waals surface area contributed by atoms with Gasteiger partial charge in [-0.05, 0) is 34.1 Å². The van der Waals surface area contributed by atoms with Crippen LogP contribution in [0.15, 0.2) is 11.8 Å². The Kier molecular flexibility index (Phi) is 6.40. The third-order valence-electron chi connectivity index (χ3n) is 2.22. The van der Waals surface area contributed by atoms with Gasteiger partial charge in [0, 0.05) is 27.1 Å². The fourth-order valence-electron chi connectivity index (χ4n) is 1.90. The van der Waals surface area contributed by atoms with Gasteiger partial charge in [-0.15, -0.1) is 5.70 Å². The van der Waals surface area contributed by atoms with Crippen molar-refractivity contribution in [1.29, 1.82) is 0 Å². The minimum Gasteiger partial charge on any atom is -0.325 e. The van der Waals surface area contributed by atoms with Crippen LogP contribution in [0.3, 0.4) is 0 Å². The maximum Gasteiger partial charge on any atom is 0.0447 e. The topological polar surface area (TPSA) is 38.0 Å². The van der Waals surface area contributed by atoms with Crippen molar-refractivity contribution in [2.75, 3.05) is 6.54 Å². The van der Waals surface area contributed by atoms with Crippen molar-refractivity contribution in [3.8, 4) is 0 Å². The molecule has 2 nitrogen and oxygen atoms in total. The van der Waals surface area contributed by atoms with E-state index in [1.165, 1.54) is 6.04 Å². The van der Waals surface area contributed by atoms with Gasteiger partial charge < -0.3 is 11.1 Å². The van der Waals surface area contributed by atoms with E-state index in [4.69, 9.17) is 5.73 Å². The molecule has 0 aromatic carbocycles. The molecule has 0 aliphatic heterocycles.